The van der Waals surface area contributed by atoms with Crippen LogP contribution in [0.3, 0.4) is 0 Å². The maximum atomic E-state index is 10.9. The van der Waals surface area contributed by atoms with Gasteiger partial charge >= 0.3 is 11.9 Å². The summed E-state index contributed by atoms with van der Waals surface area (Å²) in [5.74, 6) is -1.93. The van der Waals surface area contributed by atoms with Gasteiger partial charge in [0, 0.05) is 16.5 Å². The summed E-state index contributed by atoms with van der Waals surface area (Å²) in [6.45, 7) is -0.128. The number of rotatable bonds is 5. The number of carbonyl (C=O) groups is 3. The number of hydrogen-bond donors (Lipinski definition) is 1. The molecule has 1 N–H and O–H groups in total. The Bertz CT molecular complexity index is 281. The lowest BCUT2D eigenvalue weighted by Crippen LogP contribution is -2.42. The van der Waals surface area contributed by atoms with Crippen molar-refractivity contribution in [3.8, 4) is 0 Å². The quantitative estimate of drug-likeness (QED) is 0.493. The number of hydrogen-bond acceptors (Lipinski definition) is 6. The zero-order valence-corrected chi connectivity index (χ0v) is 8.21. The molecule has 0 aliphatic heterocycles. The number of aliphatic hydroxyl groups excluding tert-OH is 1. The van der Waals surface area contributed by atoms with E-state index in [0.717, 1.165) is 0 Å². The molecule has 0 spiro atoms. The van der Waals surface area contributed by atoms with Gasteiger partial charge in [0.25, 0.3) is 0 Å². The number of aldehydes is 1. The van der Waals surface area contributed by atoms with Crippen LogP contribution in [-0.2, 0) is 23.9 Å². The second-order valence-corrected chi connectivity index (χ2v) is 2.79. The predicted octanol–water partition coefficient (Wildman–Crippen LogP) is -0.571. The van der Waals surface area contributed by atoms with E-state index >= 15 is 0 Å². The molecule has 6 heteroatoms. The Morgan fingerprint density at radius 3 is 2.27 bits per heavy atom. The Hall–Kier alpha value is -1.43. The van der Waals surface area contributed by atoms with Gasteiger partial charge in [-0.15, -0.1) is 0 Å². The predicted molar refractivity (Wildman–Crippen MR) is 48.9 cm³/mol. The van der Waals surface area contributed by atoms with Crippen LogP contribution in [0.2, 0.25) is 0 Å². The van der Waals surface area contributed by atoms with Crippen molar-refractivity contribution >= 4 is 18.2 Å². The molecule has 0 radical (unpaired) electrons. The molecule has 0 heterocycles. The van der Waals surface area contributed by atoms with Crippen molar-refractivity contribution in [3.05, 3.63) is 0 Å². The third-order valence-corrected chi connectivity index (χ3v) is 1.47. The van der Waals surface area contributed by atoms with E-state index in [-0.39, 0.29) is 6.29 Å². The van der Waals surface area contributed by atoms with Gasteiger partial charge in [-0.2, -0.15) is 0 Å². The Labute approximate surface area is 90.0 Å². The van der Waals surface area contributed by atoms with E-state index in [2.05, 4.69) is 9.47 Å². The fourth-order valence-corrected chi connectivity index (χ4v) is 0.916. The zero-order valence-electron chi connectivity index (χ0n) is 10.2. The van der Waals surface area contributed by atoms with Crippen LogP contribution in [0.15, 0.2) is 0 Å². The molecule has 86 valence electrons. The lowest BCUT2D eigenvalue weighted by atomic mass is 10.1. The zero-order chi connectivity index (χ0) is 13.4. The molecule has 15 heavy (non-hydrogen) atoms. The minimum absolute atomic E-state index is 0.197. The summed E-state index contributed by atoms with van der Waals surface area (Å²) >= 11 is 0. The molecule has 3 atom stereocenters. The smallest absolute Gasteiger partial charge is 0.303 e. The van der Waals surface area contributed by atoms with Gasteiger partial charge in [-0.1, -0.05) is 0 Å². The number of esters is 2. The van der Waals surface area contributed by atoms with Crippen LogP contribution in [0, 0.1) is 0 Å². The van der Waals surface area contributed by atoms with E-state index in [0.29, 0.717) is 0 Å². The van der Waals surface area contributed by atoms with Gasteiger partial charge in [0.15, 0.2) is 18.5 Å². The first-order valence-corrected chi connectivity index (χ1v) is 4.07. The molecular weight excluding hydrogens is 204 g/mol. The summed E-state index contributed by atoms with van der Waals surface area (Å²) in [5, 5.41) is 9.31. The molecule has 0 aliphatic carbocycles. The van der Waals surface area contributed by atoms with Crippen LogP contribution >= 0.6 is 0 Å². The van der Waals surface area contributed by atoms with Crippen molar-refractivity contribution < 1.29 is 31.7 Å². The summed E-state index contributed by atoms with van der Waals surface area (Å²) in [5.41, 5.74) is 0. The SMILES string of the molecule is [2H]CC(=O)O[C@@H]([C@@H](C)O)[C@@H](C=O)OC(=O)C[2H]. The molecular formula is C9H14O6. The van der Waals surface area contributed by atoms with Crippen molar-refractivity contribution in [2.75, 3.05) is 0 Å². The molecule has 0 amide bonds. The second-order valence-electron chi connectivity index (χ2n) is 2.79. The van der Waals surface area contributed by atoms with Crippen molar-refractivity contribution in [2.45, 2.75) is 39.0 Å². The molecule has 0 aromatic rings. The first-order valence-electron chi connectivity index (χ1n) is 5.48. The maximum Gasteiger partial charge on any atom is 0.303 e. The minimum Gasteiger partial charge on any atom is -0.455 e. The molecule has 0 saturated carbocycles. The highest BCUT2D eigenvalue weighted by molar-refractivity contribution is 5.71. The lowest BCUT2D eigenvalue weighted by Gasteiger charge is -2.24. The first-order chi connectivity index (χ1) is 7.96. The van der Waals surface area contributed by atoms with Crippen molar-refractivity contribution in [1.82, 2.24) is 0 Å². The number of aliphatic hydroxyl groups is 1. The second kappa shape index (κ2) is 6.13. The Kier molecular flexibility index (Phi) is 4.13. The van der Waals surface area contributed by atoms with Crippen LogP contribution in [0.25, 0.3) is 0 Å². The largest absolute Gasteiger partial charge is 0.455 e. The standard InChI is InChI=1S/C9H14O6/c1-5(11)9(15-7(3)13)8(4-10)14-6(2)12/h4-5,8-9,11H,1-3H3/t5-,8-,9+/m1/s1/i2D,3D. The molecule has 0 saturated heterocycles. The molecule has 0 fully saturated rings. The van der Waals surface area contributed by atoms with E-state index in [1.54, 1.807) is 0 Å². The average Bonchev–Trinajstić information content (AvgIpc) is 2.32. The van der Waals surface area contributed by atoms with E-state index in [1.807, 2.05) is 0 Å². The van der Waals surface area contributed by atoms with Crippen molar-refractivity contribution in [1.29, 1.82) is 0 Å². The van der Waals surface area contributed by atoms with E-state index in [4.69, 9.17) is 2.74 Å². The molecule has 0 aromatic heterocycles. The van der Waals surface area contributed by atoms with Crippen LogP contribution in [0.4, 0.5) is 0 Å². The average molecular weight is 220 g/mol. The van der Waals surface area contributed by atoms with E-state index in [1.165, 1.54) is 6.92 Å². The van der Waals surface area contributed by atoms with E-state index in [9.17, 15) is 19.5 Å². The summed E-state index contributed by atoms with van der Waals surface area (Å²) in [6.07, 6.45) is -3.91. The molecule has 0 aliphatic rings. The first kappa shape index (κ1) is 10.1. The third kappa shape index (κ3) is 5.11. The normalized spacial score (nSPS) is 17.7. The monoisotopic (exact) mass is 220 g/mol. The van der Waals surface area contributed by atoms with E-state index < -0.39 is 44.1 Å². The van der Waals surface area contributed by atoms with Gasteiger partial charge in [-0.3, -0.25) is 14.4 Å². The van der Waals surface area contributed by atoms with Gasteiger partial charge in [-0.05, 0) is 6.92 Å². The molecule has 0 rings (SSSR count). The number of ether oxygens (including phenoxy) is 2. The van der Waals surface area contributed by atoms with Crippen LogP contribution in [-0.4, -0.2) is 41.6 Å². The fraction of sp³-hybridized carbons (Fsp3) is 0.667. The van der Waals surface area contributed by atoms with Crippen LogP contribution < -0.4 is 0 Å². The highest BCUT2D eigenvalue weighted by Gasteiger charge is 2.30. The minimum atomic E-state index is -1.48. The third-order valence-electron chi connectivity index (χ3n) is 1.47. The Balaban J connectivity index is 4.68. The highest BCUT2D eigenvalue weighted by Crippen LogP contribution is 2.08. The summed E-state index contributed by atoms with van der Waals surface area (Å²) in [6, 6.07) is 0. The van der Waals surface area contributed by atoms with Gasteiger partial charge in [0.1, 0.15) is 0 Å². The highest BCUT2D eigenvalue weighted by atomic mass is 16.6. The molecule has 0 aromatic carbocycles. The van der Waals surface area contributed by atoms with Crippen molar-refractivity contribution in [3.63, 3.8) is 0 Å². The van der Waals surface area contributed by atoms with Gasteiger partial charge in [0.05, 0.1) is 6.10 Å². The van der Waals surface area contributed by atoms with Crippen LogP contribution in [0.1, 0.15) is 23.5 Å². The summed E-state index contributed by atoms with van der Waals surface area (Å²) < 4.78 is 22.6. The van der Waals surface area contributed by atoms with Gasteiger partial charge < -0.3 is 14.6 Å². The lowest BCUT2D eigenvalue weighted by molar-refractivity contribution is -0.173. The Morgan fingerprint density at radius 2 is 1.87 bits per heavy atom. The fourth-order valence-electron chi connectivity index (χ4n) is 0.916. The topological polar surface area (TPSA) is 89.9 Å². The summed E-state index contributed by atoms with van der Waals surface area (Å²) in [7, 11) is 0. The molecule has 0 bridgehead atoms. The molecule has 0 unspecified atom stereocenters. The summed E-state index contributed by atoms with van der Waals surface area (Å²) in [4.78, 5) is 32.4. The number of carbonyl (C=O) groups excluding carboxylic acids is 3. The van der Waals surface area contributed by atoms with Crippen LogP contribution in [0.5, 0.6) is 0 Å². The van der Waals surface area contributed by atoms with Gasteiger partial charge in [-0.25, -0.2) is 0 Å². The Morgan fingerprint density at radius 1 is 1.33 bits per heavy atom. The maximum absolute atomic E-state index is 10.9. The van der Waals surface area contributed by atoms with Crippen molar-refractivity contribution in [2.24, 2.45) is 0 Å². The van der Waals surface area contributed by atoms with Gasteiger partial charge in [0.2, 0.25) is 0 Å². The molecule has 6 nitrogen and oxygen atoms in total.